The fraction of sp³-hybridized carbons (Fsp3) is 0.350. The maximum Gasteiger partial charge on any atom is 0.339 e. The van der Waals surface area contributed by atoms with Crippen LogP contribution in [0.15, 0.2) is 36.5 Å². The van der Waals surface area contributed by atoms with Crippen LogP contribution >= 0.6 is 0 Å². The summed E-state index contributed by atoms with van der Waals surface area (Å²) in [7, 11) is 0. The van der Waals surface area contributed by atoms with Crippen molar-refractivity contribution in [1.82, 2.24) is 4.98 Å². The molecule has 6 nitrogen and oxygen atoms in total. The maximum atomic E-state index is 12.4. The lowest BCUT2D eigenvalue weighted by Crippen LogP contribution is -2.36. The Bertz CT molecular complexity index is 835. The molecule has 136 valence electrons. The second-order valence-electron chi connectivity index (χ2n) is 6.86. The number of hydrogen-bond donors (Lipinski definition) is 2. The Morgan fingerprint density at radius 3 is 2.73 bits per heavy atom. The van der Waals surface area contributed by atoms with Crippen molar-refractivity contribution in [2.45, 2.75) is 26.7 Å². The number of carbonyl (C=O) groups is 2. The van der Waals surface area contributed by atoms with Crippen molar-refractivity contribution < 1.29 is 14.7 Å². The summed E-state index contributed by atoms with van der Waals surface area (Å²) in [5.41, 5.74) is 1.90. The van der Waals surface area contributed by atoms with Gasteiger partial charge in [0.1, 0.15) is 11.4 Å². The normalized spacial score (nSPS) is 17.0. The minimum absolute atomic E-state index is 0.113. The number of carboxylic acids is 1. The molecule has 0 bridgehead atoms. The molecule has 0 radical (unpaired) electrons. The molecule has 1 amide bonds. The number of amides is 1. The SMILES string of the molecule is Cc1ccccc1C(=O)Nc1cnc(N2CCC[C@H](C)C2)c(C(=O)O)c1. The van der Waals surface area contributed by atoms with Gasteiger partial charge in [0.15, 0.2) is 0 Å². The van der Waals surface area contributed by atoms with E-state index in [0.29, 0.717) is 23.0 Å². The number of pyridine rings is 1. The Hall–Kier alpha value is -2.89. The summed E-state index contributed by atoms with van der Waals surface area (Å²) in [6, 6.07) is 8.74. The number of carbonyl (C=O) groups excluding carboxylic acids is 1. The van der Waals surface area contributed by atoms with E-state index in [1.165, 1.54) is 12.3 Å². The van der Waals surface area contributed by atoms with Crippen LogP contribution in [0.3, 0.4) is 0 Å². The van der Waals surface area contributed by atoms with Crippen molar-refractivity contribution in [2.24, 2.45) is 5.92 Å². The van der Waals surface area contributed by atoms with E-state index in [4.69, 9.17) is 0 Å². The van der Waals surface area contributed by atoms with Crippen LogP contribution in [0.4, 0.5) is 11.5 Å². The highest BCUT2D eigenvalue weighted by molar-refractivity contribution is 6.06. The van der Waals surface area contributed by atoms with Crippen LogP contribution in [0.25, 0.3) is 0 Å². The molecule has 1 aliphatic rings. The average Bonchev–Trinajstić information content (AvgIpc) is 2.62. The number of nitrogens with zero attached hydrogens (tertiary/aromatic N) is 2. The molecule has 3 rings (SSSR count). The predicted molar refractivity (Wildman–Crippen MR) is 101 cm³/mol. The van der Waals surface area contributed by atoms with Crippen molar-refractivity contribution >= 4 is 23.4 Å². The van der Waals surface area contributed by atoms with Gasteiger partial charge in [0.25, 0.3) is 5.91 Å². The fourth-order valence-corrected chi connectivity index (χ4v) is 3.34. The highest BCUT2D eigenvalue weighted by Crippen LogP contribution is 2.26. The van der Waals surface area contributed by atoms with Gasteiger partial charge in [0, 0.05) is 18.7 Å². The molecule has 1 aliphatic heterocycles. The topological polar surface area (TPSA) is 82.5 Å². The number of hydrogen-bond acceptors (Lipinski definition) is 4. The summed E-state index contributed by atoms with van der Waals surface area (Å²) >= 11 is 0. The van der Waals surface area contributed by atoms with Crippen LogP contribution in [0.2, 0.25) is 0 Å². The molecule has 1 aromatic carbocycles. The van der Waals surface area contributed by atoms with Crippen LogP contribution < -0.4 is 10.2 Å². The molecule has 1 saturated heterocycles. The number of carboxylic acid groups (broad SMARTS) is 1. The minimum atomic E-state index is -1.04. The van der Waals surface area contributed by atoms with Gasteiger partial charge < -0.3 is 15.3 Å². The van der Waals surface area contributed by atoms with Crippen molar-refractivity contribution in [3.63, 3.8) is 0 Å². The number of aromatic nitrogens is 1. The van der Waals surface area contributed by atoms with Gasteiger partial charge in [-0.15, -0.1) is 0 Å². The molecule has 1 fully saturated rings. The Balaban J connectivity index is 1.86. The third-order valence-electron chi connectivity index (χ3n) is 4.70. The monoisotopic (exact) mass is 353 g/mol. The smallest absolute Gasteiger partial charge is 0.339 e. The number of piperidine rings is 1. The molecule has 1 aromatic heterocycles. The molecule has 0 spiro atoms. The lowest BCUT2D eigenvalue weighted by atomic mass is 10.00. The van der Waals surface area contributed by atoms with E-state index in [9.17, 15) is 14.7 Å². The maximum absolute atomic E-state index is 12.4. The van der Waals surface area contributed by atoms with Gasteiger partial charge in [-0.2, -0.15) is 0 Å². The quantitative estimate of drug-likeness (QED) is 0.878. The Morgan fingerprint density at radius 2 is 2.04 bits per heavy atom. The van der Waals surface area contributed by atoms with Crippen LogP contribution in [-0.2, 0) is 0 Å². The first kappa shape index (κ1) is 17.9. The number of rotatable bonds is 4. The van der Waals surface area contributed by atoms with Gasteiger partial charge in [-0.3, -0.25) is 4.79 Å². The van der Waals surface area contributed by atoms with Crippen LogP contribution in [0.5, 0.6) is 0 Å². The highest BCUT2D eigenvalue weighted by Gasteiger charge is 2.23. The van der Waals surface area contributed by atoms with Crippen LogP contribution in [0, 0.1) is 12.8 Å². The number of aryl methyl sites for hydroxylation is 1. The van der Waals surface area contributed by atoms with Gasteiger partial charge in [0.05, 0.1) is 11.9 Å². The lowest BCUT2D eigenvalue weighted by Gasteiger charge is -2.32. The third kappa shape index (κ3) is 3.85. The van der Waals surface area contributed by atoms with E-state index >= 15 is 0 Å². The second kappa shape index (κ2) is 7.56. The standard InChI is InChI=1S/C20H23N3O3/c1-13-6-5-9-23(12-13)18-17(20(25)26)10-15(11-21-18)22-19(24)16-8-4-3-7-14(16)2/h3-4,7-8,10-11,13H,5-6,9,12H2,1-2H3,(H,22,24)(H,25,26)/t13-/m0/s1. The average molecular weight is 353 g/mol. The van der Waals surface area contributed by atoms with Crippen molar-refractivity contribution in [3.8, 4) is 0 Å². The van der Waals surface area contributed by atoms with Gasteiger partial charge in [-0.25, -0.2) is 9.78 Å². The summed E-state index contributed by atoms with van der Waals surface area (Å²) in [5, 5.41) is 12.4. The zero-order valence-electron chi connectivity index (χ0n) is 15.0. The Kier molecular flexibility index (Phi) is 5.21. The molecule has 2 heterocycles. The third-order valence-corrected chi connectivity index (χ3v) is 4.70. The molecule has 1 atom stereocenters. The number of anilines is 2. The van der Waals surface area contributed by atoms with E-state index < -0.39 is 5.97 Å². The first-order valence-electron chi connectivity index (χ1n) is 8.81. The largest absolute Gasteiger partial charge is 0.478 e. The number of nitrogens with one attached hydrogen (secondary N) is 1. The van der Waals surface area contributed by atoms with Gasteiger partial charge in [0.2, 0.25) is 0 Å². The highest BCUT2D eigenvalue weighted by atomic mass is 16.4. The summed E-state index contributed by atoms with van der Waals surface area (Å²) in [6.07, 6.45) is 3.69. The molecular formula is C20H23N3O3. The predicted octanol–water partition coefficient (Wildman–Crippen LogP) is 3.58. The van der Waals surface area contributed by atoms with Crippen molar-refractivity contribution in [1.29, 1.82) is 0 Å². The van der Waals surface area contributed by atoms with Gasteiger partial charge in [-0.05, 0) is 43.4 Å². The van der Waals surface area contributed by atoms with Crippen LogP contribution in [-0.4, -0.2) is 35.1 Å². The second-order valence-corrected chi connectivity index (χ2v) is 6.86. The van der Waals surface area contributed by atoms with Gasteiger partial charge >= 0.3 is 5.97 Å². The van der Waals surface area contributed by atoms with Gasteiger partial charge in [-0.1, -0.05) is 25.1 Å². The zero-order chi connectivity index (χ0) is 18.7. The van der Waals surface area contributed by atoms with E-state index in [2.05, 4.69) is 17.2 Å². The van der Waals surface area contributed by atoms with E-state index in [1.807, 2.05) is 24.0 Å². The lowest BCUT2D eigenvalue weighted by molar-refractivity contribution is 0.0696. The molecule has 2 aromatic rings. The summed E-state index contributed by atoms with van der Waals surface area (Å²) in [4.78, 5) is 30.6. The molecular weight excluding hydrogens is 330 g/mol. The molecule has 0 saturated carbocycles. The Labute approximate surface area is 152 Å². The first-order chi connectivity index (χ1) is 12.5. The van der Waals surface area contributed by atoms with Crippen molar-refractivity contribution in [2.75, 3.05) is 23.3 Å². The summed E-state index contributed by atoms with van der Waals surface area (Å²) < 4.78 is 0. The molecule has 0 unspecified atom stereocenters. The van der Waals surface area contributed by atoms with Crippen molar-refractivity contribution in [3.05, 3.63) is 53.2 Å². The first-order valence-corrected chi connectivity index (χ1v) is 8.81. The van der Waals surface area contributed by atoms with E-state index in [-0.39, 0.29) is 11.5 Å². The van der Waals surface area contributed by atoms with Crippen LogP contribution in [0.1, 0.15) is 46.0 Å². The van der Waals surface area contributed by atoms with E-state index in [1.54, 1.807) is 12.1 Å². The molecule has 6 heteroatoms. The molecule has 26 heavy (non-hydrogen) atoms. The zero-order valence-corrected chi connectivity index (χ0v) is 15.0. The summed E-state index contributed by atoms with van der Waals surface area (Å²) in [6.45, 7) is 5.61. The number of aromatic carboxylic acids is 1. The summed E-state index contributed by atoms with van der Waals surface area (Å²) in [5.74, 6) is -0.344. The molecule has 0 aliphatic carbocycles. The Morgan fingerprint density at radius 1 is 1.27 bits per heavy atom. The van der Waals surface area contributed by atoms with E-state index in [0.717, 1.165) is 31.5 Å². The fourth-order valence-electron chi connectivity index (χ4n) is 3.34. The minimum Gasteiger partial charge on any atom is -0.478 e. The number of benzene rings is 1. The molecule has 2 N–H and O–H groups in total.